The molecule has 0 aliphatic carbocycles. The molecule has 2 saturated heterocycles. The standard InChI is InChI=1S/C61H83N9O11/c1-6-9-10-32-80-47-28-24-44(25-29-47)42-18-16-41(17-19-42)43-20-22-45(23-21-43)55(74)64-36-54(73)65-49(7-2)60(78)69-31-11-12-52(69)57(76)67-51(30-15-40-13-26-46(72)27-14-40)56(75)66-50(8-3)61(79)70-37-38(4)33-53(70)58(77)68-59(39(5)71)81-48(34-62)35-63/h13-14,16-29,38-39,48-53,59,71-72H,6-12,15,30-37,62-63H2,1-5H3,(H,64,74)(H,65,73)(H,66,75)(H,67,76)(H,68,77)/t38-,39-,49?,50?,51?,52?,53?,59?/m1/s1. The van der Waals surface area contributed by atoms with Gasteiger partial charge in [0.25, 0.3) is 5.91 Å². The van der Waals surface area contributed by atoms with Gasteiger partial charge in [0.1, 0.15) is 41.7 Å². The van der Waals surface area contributed by atoms with E-state index in [1.807, 2.05) is 67.6 Å². The predicted molar refractivity (Wildman–Crippen MR) is 308 cm³/mol. The zero-order chi connectivity index (χ0) is 58.6. The number of aliphatic hydroxyl groups excluding tert-OH is 1. The Labute approximate surface area is 475 Å². The summed E-state index contributed by atoms with van der Waals surface area (Å²) in [7, 11) is 0. The number of phenols is 1. The van der Waals surface area contributed by atoms with Crippen LogP contribution >= 0.6 is 0 Å². The van der Waals surface area contributed by atoms with E-state index < -0.39 is 96.5 Å². The van der Waals surface area contributed by atoms with Gasteiger partial charge in [0.2, 0.25) is 35.4 Å². The van der Waals surface area contributed by atoms with Crippen molar-refractivity contribution in [2.24, 2.45) is 17.4 Å². The molecule has 2 aliphatic rings. The third-order valence-electron chi connectivity index (χ3n) is 14.9. The number of hydrogen-bond donors (Lipinski definition) is 9. The molecule has 4 aromatic rings. The van der Waals surface area contributed by atoms with Gasteiger partial charge in [0.05, 0.1) is 25.4 Å². The number of amides is 7. The number of likely N-dealkylation sites (tertiary alicyclic amines) is 2. The Morgan fingerprint density at radius 2 is 1.26 bits per heavy atom. The quantitative estimate of drug-likeness (QED) is 0.0271. The average Bonchev–Trinajstić information content (AvgIpc) is 4.36. The minimum Gasteiger partial charge on any atom is -0.508 e. The number of unbranched alkanes of at least 4 members (excludes halogenated alkanes) is 2. The van der Waals surface area contributed by atoms with Crippen LogP contribution in [-0.4, -0.2) is 149 Å². The van der Waals surface area contributed by atoms with Crippen LogP contribution in [0.3, 0.4) is 0 Å². The molecule has 0 spiro atoms. The highest BCUT2D eigenvalue weighted by atomic mass is 16.5. The molecular weight excluding hydrogens is 1030 g/mol. The van der Waals surface area contributed by atoms with Gasteiger partial charge in [-0.05, 0) is 128 Å². The van der Waals surface area contributed by atoms with E-state index in [1.54, 1.807) is 38.1 Å². The number of rotatable bonds is 29. The lowest BCUT2D eigenvalue weighted by atomic mass is 9.99. The first-order valence-corrected chi connectivity index (χ1v) is 28.5. The van der Waals surface area contributed by atoms with Gasteiger partial charge in [-0.3, -0.25) is 33.6 Å². The van der Waals surface area contributed by atoms with Crippen LogP contribution in [0.25, 0.3) is 22.3 Å². The maximum absolute atomic E-state index is 14.3. The van der Waals surface area contributed by atoms with Crippen molar-refractivity contribution in [2.75, 3.05) is 39.3 Å². The second-order valence-corrected chi connectivity index (χ2v) is 21.1. The number of phenolic OH excluding ortho intramolecular Hbond substituents is 1. The highest BCUT2D eigenvalue weighted by Gasteiger charge is 2.43. The number of aryl methyl sites for hydroxylation is 1. The molecule has 438 valence electrons. The van der Waals surface area contributed by atoms with Gasteiger partial charge in [-0.15, -0.1) is 0 Å². The fourth-order valence-electron chi connectivity index (χ4n) is 10.1. The molecule has 81 heavy (non-hydrogen) atoms. The number of carbonyl (C=O) groups is 7. The van der Waals surface area contributed by atoms with Crippen LogP contribution in [0.4, 0.5) is 0 Å². The van der Waals surface area contributed by atoms with Crippen LogP contribution in [0.1, 0.15) is 108 Å². The number of ether oxygens (including phenoxy) is 2. The Hall–Kier alpha value is -7.39. The SMILES string of the molecule is CCCCCOc1ccc(-c2ccc(-c3ccc(C(=O)NCC(=O)NC(CC)C(=O)N4CCCC4C(=O)NC(CCc4ccc(O)cc4)C(=O)NC(CC)C(=O)N4C[C@H](C)CC4C(=O)NC(OC(CN)CN)[C@@H](C)O)cc3)cc2)cc1. The molecule has 11 N–H and O–H groups in total. The molecule has 8 atom stereocenters. The summed E-state index contributed by atoms with van der Waals surface area (Å²) in [4.78, 5) is 100. The van der Waals surface area contributed by atoms with E-state index in [0.717, 1.165) is 52.8 Å². The minimum absolute atomic E-state index is 0.0532. The van der Waals surface area contributed by atoms with E-state index >= 15 is 0 Å². The van der Waals surface area contributed by atoms with Crippen LogP contribution in [0.5, 0.6) is 11.5 Å². The Morgan fingerprint density at radius 1 is 0.691 bits per heavy atom. The zero-order valence-corrected chi connectivity index (χ0v) is 47.4. The van der Waals surface area contributed by atoms with Crippen LogP contribution in [0.2, 0.25) is 0 Å². The molecule has 0 saturated carbocycles. The van der Waals surface area contributed by atoms with Crippen molar-refractivity contribution < 1.29 is 53.2 Å². The molecule has 6 rings (SSSR count). The molecule has 2 aliphatic heterocycles. The summed E-state index contributed by atoms with van der Waals surface area (Å²) in [5.41, 5.74) is 16.6. The van der Waals surface area contributed by atoms with Crippen molar-refractivity contribution in [1.82, 2.24) is 36.4 Å². The van der Waals surface area contributed by atoms with Crippen LogP contribution in [0.15, 0.2) is 97.1 Å². The smallest absolute Gasteiger partial charge is 0.251 e. The summed E-state index contributed by atoms with van der Waals surface area (Å²) in [5, 5.41) is 34.0. The van der Waals surface area contributed by atoms with E-state index in [2.05, 4.69) is 33.5 Å². The third-order valence-corrected chi connectivity index (χ3v) is 14.9. The van der Waals surface area contributed by atoms with Gasteiger partial charge in [-0.2, -0.15) is 0 Å². The topological polar surface area (TPSA) is 297 Å². The molecule has 7 amide bonds. The lowest BCUT2D eigenvalue weighted by molar-refractivity contribution is -0.146. The van der Waals surface area contributed by atoms with Crippen molar-refractivity contribution >= 4 is 41.4 Å². The molecule has 20 nitrogen and oxygen atoms in total. The Kier molecular flexibility index (Phi) is 24.0. The molecular formula is C61H83N9O11. The van der Waals surface area contributed by atoms with Crippen LogP contribution in [0, 0.1) is 5.92 Å². The van der Waals surface area contributed by atoms with Crippen LogP contribution in [-0.2, 0) is 39.9 Å². The summed E-state index contributed by atoms with van der Waals surface area (Å²) >= 11 is 0. The van der Waals surface area contributed by atoms with E-state index in [9.17, 15) is 43.8 Å². The third kappa shape index (κ3) is 17.8. The highest BCUT2D eigenvalue weighted by Crippen LogP contribution is 2.28. The number of nitrogens with two attached hydrogens (primary N) is 2. The van der Waals surface area contributed by atoms with E-state index in [4.69, 9.17) is 20.9 Å². The largest absolute Gasteiger partial charge is 0.508 e. The van der Waals surface area contributed by atoms with Crippen molar-refractivity contribution in [3.8, 4) is 33.8 Å². The lowest BCUT2D eigenvalue weighted by Gasteiger charge is -2.32. The molecule has 2 fully saturated rings. The second-order valence-electron chi connectivity index (χ2n) is 21.1. The number of nitrogens with one attached hydrogen (secondary N) is 5. The highest BCUT2D eigenvalue weighted by molar-refractivity contribution is 5.99. The summed E-state index contributed by atoms with van der Waals surface area (Å²) in [5.74, 6) is -3.08. The van der Waals surface area contributed by atoms with Crippen molar-refractivity contribution in [3.63, 3.8) is 0 Å². The average molecular weight is 1120 g/mol. The molecule has 0 aromatic heterocycles. The van der Waals surface area contributed by atoms with E-state index in [1.165, 1.54) is 28.9 Å². The van der Waals surface area contributed by atoms with Gasteiger partial charge in [-0.25, -0.2) is 0 Å². The summed E-state index contributed by atoms with van der Waals surface area (Å²) in [6.07, 6.45) is 2.17. The summed E-state index contributed by atoms with van der Waals surface area (Å²) < 4.78 is 11.6. The molecule has 2 heterocycles. The fourth-order valence-corrected chi connectivity index (χ4v) is 10.1. The van der Waals surface area contributed by atoms with Gasteiger partial charge >= 0.3 is 0 Å². The van der Waals surface area contributed by atoms with Gasteiger partial charge in [0.15, 0.2) is 6.23 Å². The first-order chi connectivity index (χ1) is 39.0. The van der Waals surface area contributed by atoms with Gasteiger partial charge in [0, 0.05) is 31.7 Å². The van der Waals surface area contributed by atoms with E-state index in [-0.39, 0.29) is 70.0 Å². The molecule has 20 heteroatoms. The maximum Gasteiger partial charge on any atom is 0.251 e. The number of aliphatic hydroxyl groups is 1. The van der Waals surface area contributed by atoms with E-state index in [0.29, 0.717) is 25.0 Å². The summed E-state index contributed by atoms with van der Waals surface area (Å²) in [6, 6.07) is 24.4. The fraction of sp³-hybridized carbons (Fsp3) is 0.492. The number of nitrogens with zero attached hydrogens (tertiary/aromatic N) is 2. The Balaban J connectivity index is 1.04. The van der Waals surface area contributed by atoms with Gasteiger partial charge < -0.3 is 67.5 Å². The Bertz CT molecular complexity index is 2700. The first-order valence-electron chi connectivity index (χ1n) is 28.5. The second kappa shape index (κ2) is 31.0. The number of benzene rings is 4. The number of hydrogen-bond acceptors (Lipinski definition) is 13. The maximum atomic E-state index is 14.3. The minimum atomic E-state index is -1.19. The van der Waals surface area contributed by atoms with Gasteiger partial charge in [-0.1, -0.05) is 101 Å². The monoisotopic (exact) mass is 1120 g/mol. The molecule has 0 radical (unpaired) electrons. The number of carbonyl (C=O) groups excluding carboxylic acids is 7. The van der Waals surface area contributed by atoms with Crippen molar-refractivity contribution in [1.29, 1.82) is 0 Å². The van der Waals surface area contributed by atoms with Crippen molar-refractivity contribution in [2.45, 2.75) is 147 Å². The number of aromatic hydroxyl groups is 1. The lowest BCUT2D eigenvalue weighted by Crippen LogP contribution is -2.59. The first kappa shape index (κ1) is 62.8. The van der Waals surface area contributed by atoms with Crippen molar-refractivity contribution in [3.05, 3.63) is 108 Å². The molecule has 0 bridgehead atoms. The van der Waals surface area contributed by atoms with Crippen LogP contribution < -0.4 is 42.8 Å². The predicted octanol–water partition coefficient (Wildman–Crippen LogP) is 4.29. The zero-order valence-electron chi connectivity index (χ0n) is 47.4. The normalized spacial score (nSPS) is 17.8. The molecule has 4 aromatic carbocycles. The molecule has 6 unspecified atom stereocenters. The Morgan fingerprint density at radius 3 is 1.84 bits per heavy atom. The summed E-state index contributed by atoms with van der Waals surface area (Å²) in [6.45, 7) is 9.77.